The second-order valence-corrected chi connectivity index (χ2v) is 6.49. The van der Waals surface area contributed by atoms with Crippen molar-refractivity contribution in [1.29, 1.82) is 0 Å². The molecule has 0 aromatic heterocycles. The van der Waals surface area contributed by atoms with E-state index in [-0.39, 0.29) is 5.41 Å². The van der Waals surface area contributed by atoms with Gasteiger partial charge in [0.15, 0.2) is 0 Å². The maximum atomic E-state index is 6.07. The van der Waals surface area contributed by atoms with E-state index in [0.717, 1.165) is 19.8 Å². The van der Waals surface area contributed by atoms with E-state index in [0.29, 0.717) is 11.8 Å². The molecule has 1 aliphatic rings. The number of ether oxygens (including phenoxy) is 1. The van der Waals surface area contributed by atoms with Crippen LogP contribution in [0.2, 0.25) is 0 Å². The molecule has 1 fully saturated rings. The van der Waals surface area contributed by atoms with Gasteiger partial charge in [0, 0.05) is 5.41 Å². The fraction of sp³-hybridized carbons (Fsp3) is 0.647. The summed E-state index contributed by atoms with van der Waals surface area (Å²) in [6.45, 7) is 13.5. The summed E-state index contributed by atoms with van der Waals surface area (Å²) in [4.78, 5) is 0. The summed E-state index contributed by atoms with van der Waals surface area (Å²) < 4.78 is 5.60. The molecule has 0 amide bonds. The normalized spacial score (nSPS) is 19.3. The van der Waals surface area contributed by atoms with Crippen LogP contribution in [0.1, 0.15) is 36.1 Å². The molecule has 0 radical (unpaired) electrons. The zero-order chi connectivity index (χ0) is 14.2. The van der Waals surface area contributed by atoms with Gasteiger partial charge < -0.3 is 10.5 Å². The molecule has 0 bridgehead atoms. The molecule has 1 atom stereocenters. The van der Waals surface area contributed by atoms with Crippen molar-refractivity contribution in [3.8, 4) is 0 Å². The number of aryl methyl sites for hydroxylation is 3. The zero-order valence-electron chi connectivity index (χ0n) is 12.9. The van der Waals surface area contributed by atoms with Crippen molar-refractivity contribution in [1.82, 2.24) is 0 Å². The summed E-state index contributed by atoms with van der Waals surface area (Å²) in [5, 5.41) is 0. The molecule has 2 heteroatoms. The van der Waals surface area contributed by atoms with Crippen LogP contribution in [-0.2, 0) is 10.2 Å². The Kier molecular flexibility index (Phi) is 4.03. The van der Waals surface area contributed by atoms with Gasteiger partial charge in [-0.25, -0.2) is 0 Å². The van der Waals surface area contributed by atoms with Gasteiger partial charge in [0.25, 0.3) is 0 Å². The van der Waals surface area contributed by atoms with Crippen LogP contribution in [0.3, 0.4) is 0 Å². The first-order valence-corrected chi connectivity index (χ1v) is 7.28. The molecule has 0 spiro atoms. The Morgan fingerprint density at radius 2 is 1.68 bits per heavy atom. The largest absolute Gasteiger partial charge is 0.379 e. The predicted octanol–water partition coefficient (Wildman–Crippen LogP) is 3.11. The quantitative estimate of drug-likeness (QED) is 0.904. The van der Waals surface area contributed by atoms with Gasteiger partial charge in [0.05, 0.1) is 13.2 Å². The highest BCUT2D eigenvalue weighted by atomic mass is 16.5. The van der Waals surface area contributed by atoms with Crippen molar-refractivity contribution in [3.63, 3.8) is 0 Å². The van der Waals surface area contributed by atoms with E-state index in [1.54, 1.807) is 0 Å². The molecule has 1 aliphatic heterocycles. The highest BCUT2D eigenvalue weighted by Crippen LogP contribution is 2.44. The number of hydrogen-bond donors (Lipinski definition) is 1. The third-order valence-corrected chi connectivity index (χ3v) is 4.86. The first-order valence-electron chi connectivity index (χ1n) is 7.28. The summed E-state index contributed by atoms with van der Waals surface area (Å²) in [5.74, 6) is 1.07. The van der Waals surface area contributed by atoms with E-state index in [1.807, 2.05) is 0 Å². The van der Waals surface area contributed by atoms with Crippen LogP contribution in [0.4, 0.5) is 0 Å². The van der Waals surface area contributed by atoms with Gasteiger partial charge >= 0.3 is 0 Å². The van der Waals surface area contributed by atoms with E-state index in [9.17, 15) is 0 Å². The van der Waals surface area contributed by atoms with Gasteiger partial charge in [-0.15, -0.1) is 0 Å². The molecule has 1 aromatic carbocycles. The van der Waals surface area contributed by atoms with Gasteiger partial charge in [-0.1, -0.05) is 26.0 Å². The lowest BCUT2D eigenvalue weighted by atomic mass is 9.63. The first kappa shape index (κ1) is 14.5. The van der Waals surface area contributed by atoms with E-state index in [1.165, 1.54) is 22.3 Å². The van der Waals surface area contributed by atoms with Gasteiger partial charge in [0.1, 0.15) is 0 Å². The van der Waals surface area contributed by atoms with Crippen molar-refractivity contribution in [2.24, 2.45) is 17.6 Å². The predicted molar refractivity (Wildman–Crippen MR) is 80.5 cm³/mol. The van der Waals surface area contributed by atoms with Crippen LogP contribution in [-0.4, -0.2) is 19.8 Å². The second-order valence-electron chi connectivity index (χ2n) is 6.49. The zero-order valence-corrected chi connectivity index (χ0v) is 12.9. The molecular formula is C17H27NO. The topological polar surface area (TPSA) is 35.2 Å². The smallest absolute Gasteiger partial charge is 0.0589 e. The molecule has 0 aliphatic carbocycles. The Morgan fingerprint density at radius 3 is 2.11 bits per heavy atom. The maximum Gasteiger partial charge on any atom is 0.0589 e. The molecule has 1 saturated heterocycles. The number of rotatable bonds is 4. The highest BCUT2D eigenvalue weighted by Gasteiger charge is 2.48. The molecule has 19 heavy (non-hydrogen) atoms. The molecule has 106 valence electrons. The minimum atomic E-state index is 0.130. The minimum absolute atomic E-state index is 0.130. The third-order valence-electron chi connectivity index (χ3n) is 4.86. The second kappa shape index (κ2) is 5.26. The summed E-state index contributed by atoms with van der Waals surface area (Å²) in [6, 6.07) is 4.66. The van der Waals surface area contributed by atoms with Crippen molar-refractivity contribution in [2.45, 2.75) is 40.0 Å². The van der Waals surface area contributed by atoms with Crippen LogP contribution in [0.25, 0.3) is 0 Å². The van der Waals surface area contributed by atoms with Crippen molar-refractivity contribution in [3.05, 3.63) is 34.4 Å². The summed E-state index contributed by atoms with van der Waals surface area (Å²) in [6.07, 6.45) is 0. The lowest BCUT2D eigenvalue weighted by molar-refractivity contribution is -0.0985. The average molecular weight is 261 g/mol. The SMILES string of the molecule is Cc1cc(C)c(C2(C(CN)C(C)C)COC2)cc1C. The van der Waals surface area contributed by atoms with Crippen molar-refractivity contribution < 1.29 is 4.74 Å². The summed E-state index contributed by atoms with van der Waals surface area (Å²) in [7, 11) is 0. The number of hydrogen-bond acceptors (Lipinski definition) is 2. The summed E-state index contributed by atoms with van der Waals surface area (Å²) in [5.41, 5.74) is 11.8. The standard InChI is InChI=1S/C17H27NO/c1-11(2)16(8-18)17(9-19-10-17)15-7-13(4)12(3)6-14(15)5/h6-7,11,16H,8-10,18H2,1-5H3. The van der Waals surface area contributed by atoms with E-state index in [4.69, 9.17) is 10.5 Å². The number of nitrogens with two attached hydrogens (primary N) is 1. The van der Waals surface area contributed by atoms with Gasteiger partial charge in [-0.3, -0.25) is 0 Å². The van der Waals surface area contributed by atoms with E-state index in [2.05, 4.69) is 46.8 Å². The summed E-state index contributed by atoms with van der Waals surface area (Å²) >= 11 is 0. The van der Waals surface area contributed by atoms with Crippen molar-refractivity contribution >= 4 is 0 Å². The molecule has 1 heterocycles. The van der Waals surface area contributed by atoms with E-state index >= 15 is 0 Å². The first-order chi connectivity index (χ1) is 8.92. The number of benzene rings is 1. The molecule has 2 nitrogen and oxygen atoms in total. The van der Waals surface area contributed by atoms with Gasteiger partial charge in [-0.2, -0.15) is 0 Å². The van der Waals surface area contributed by atoms with Crippen LogP contribution in [0, 0.1) is 32.6 Å². The Hall–Kier alpha value is -0.860. The van der Waals surface area contributed by atoms with Crippen LogP contribution in [0.15, 0.2) is 12.1 Å². The fourth-order valence-electron chi connectivity index (χ4n) is 3.52. The molecule has 1 aromatic rings. The molecule has 0 saturated carbocycles. The van der Waals surface area contributed by atoms with Gasteiger partial charge in [-0.05, 0) is 61.4 Å². The molecular weight excluding hydrogens is 234 g/mol. The van der Waals surface area contributed by atoms with Gasteiger partial charge in [0.2, 0.25) is 0 Å². The molecule has 2 rings (SSSR count). The molecule has 1 unspecified atom stereocenters. The highest BCUT2D eigenvalue weighted by molar-refractivity contribution is 5.43. The maximum absolute atomic E-state index is 6.07. The fourth-order valence-corrected chi connectivity index (χ4v) is 3.52. The lowest BCUT2D eigenvalue weighted by Gasteiger charge is -2.50. The Bertz CT molecular complexity index is 461. The van der Waals surface area contributed by atoms with Crippen LogP contribution in [0.5, 0.6) is 0 Å². The third kappa shape index (κ3) is 2.32. The van der Waals surface area contributed by atoms with Crippen LogP contribution < -0.4 is 5.73 Å². The monoisotopic (exact) mass is 261 g/mol. The van der Waals surface area contributed by atoms with Crippen molar-refractivity contribution in [2.75, 3.05) is 19.8 Å². The van der Waals surface area contributed by atoms with Crippen LogP contribution >= 0.6 is 0 Å². The minimum Gasteiger partial charge on any atom is -0.379 e. The molecule has 2 N–H and O–H groups in total. The Morgan fingerprint density at radius 1 is 1.11 bits per heavy atom. The average Bonchev–Trinajstić information content (AvgIpc) is 2.28. The lowest BCUT2D eigenvalue weighted by Crippen LogP contribution is -2.56. The Labute approximate surface area is 117 Å². The van der Waals surface area contributed by atoms with E-state index < -0.39 is 0 Å². The Balaban J connectivity index is 2.50.